The van der Waals surface area contributed by atoms with E-state index < -0.39 is 9.84 Å². The van der Waals surface area contributed by atoms with E-state index in [1.807, 2.05) is 0 Å². The Morgan fingerprint density at radius 1 is 1.38 bits per heavy atom. The predicted molar refractivity (Wildman–Crippen MR) is 61.1 cm³/mol. The molecule has 1 fully saturated rings. The van der Waals surface area contributed by atoms with Crippen LogP contribution in [-0.2, 0) is 16.3 Å². The summed E-state index contributed by atoms with van der Waals surface area (Å²) < 4.78 is 23.1. The summed E-state index contributed by atoms with van der Waals surface area (Å²) in [6, 6.07) is 0.546. The van der Waals surface area contributed by atoms with Crippen molar-refractivity contribution in [3.05, 3.63) is 11.3 Å². The highest BCUT2D eigenvalue weighted by molar-refractivity contribution is 7.90. The number of hydrogen-bond acceptors (Lipinski definition) is 4. The lowest BCUT2D eigenvalue weighted by Crippen LogP contribution is -2.08. The van der Waals surface area contributed by atoms with Crippen molar-refractivity contribution >= 4 is 15.7 Å². The van der Waals surface area contributed by atoms with Gasteiger partial charge in [-0.05, 0) is 25.7 Å². The summed E-state index contributed by atoms with van der Waals surface area (Å²) in [4.78, 5) is 0. The quantitative estimate of drug-likeness (QED) is 0.828. The first-order chi connectivity index (χ1) is 7.55. The first-order valence-electron chi connectivity index (χ1n) is 5.58. The fourth-order valence-electron chi connectivity index (χ4n) is 2.29. The van der Waals surface area contributed by atoms with Crippen LogP contribution >= 0.6 is 0 Å². The van der Waals surface area contributed by atoms with E-state index in [1.165, 1.54) is 19.1 Å². The molecule has 3 rings (SSSR count). The Bertz CT molecular complexity index is 516. The standard InChI is InChI=1S/C10H15N3O2S/c1-16(14,15)8-5-4-7-9(8)12-13-10(7)11-6-2-3-6/h6,8H,2-5H2,1H3,(H2,11,12,13). The molecule has 2 aliphatic rings. The second-order valence-electron chi connectivity index (χ2n) is 4.74. The molecule has 1 aromatic rings. The molecule has 88 valence electrons. The van der Waals surface area contributed by atoms with E-state index >= 15 is 0 Å². The molecule has 16 heavy (non-hydrogen) atoms. The number of sulfone groups is 1. The van der Waals surface area contributed by atoms with Crippen molar-refractivity contribution in [2.75, 3.05) is 11.6 Å². The van der Waals surface area contributed by atoms with Crippen LogP contribution in [0.2, 0.25) is 0 Å². The SMILES string of the molecule is CS(=O)(=O)C1CCc2c(NC3CC3)n[nH]c21. The molecule has 2 N–H and O–H groups in total. The minimum atomic E-state index is -3.01. The molecule has 1 saturated carbocycles. The van der Waals surface area contributed by atoms with Gasteiger partial charge in [0.2, 0.25) is 0 Å². The molecule has 0 saturated heterocycles. The largest absolute Gasteiger partial charge is 0.366 e. The van der Waals surface area contributed by atoms with Crippen LogP contribution in [0.4, 0.5) is 5.82 Å². The van der Waals surface area contributed by atoms with E-state index in [9.17, 15) is 8.42 Å². The van der Waals surface area contributed by atoms with Crippen molar-refractivity contribution in [1.29, 1.82) is 0 Å². The first-order valence-corrected chi connectivity index (χ1v) is 7.53. The number of fused-ring (bicyclic) bond motifs is 1. The zero-order valence-electron chi connectivity index (χ0n) is 9.16. The molecule has 0 radical (unpaired) electrons. The maximum atomic E-state index is 11.6. The molecule has 0 spiro atoms. The summed E-state index contributed by atoms with van der Waals surface area (Å²) >= 11 is 0. The molecule has 0 amide bonds. The molecule has 1 atom stereocenters. The lowest BCUT2D eigenvalue weighted by atomic mass is 10.2. The highest BCUT2D eigenvalue weighted by atomic mass is 32.2. The van der Waals surface area contributed by atoms with E-state index in [1.54, 1.807) is 0 Å². The van der Waals surface area contributed by atoms with Gasteiger partial charge in [0.1, 0.15) is 5.25 Å². The second kappa shape index (κ2) is 3.23. The number of nitrogens with zero attached hydrogens (tertiary/aromatic N) is 1. The Kier molecular flexibility index (Phi) is 2.04. The highest BCUT2D eigenvalue weighted by Gasteiger charge is 2.35. The van der Waals surface area contributed by atoms with E-state index in [0.29, 0.717) is 12.5 Å². The van der Waals surface area contributed by atoms with Gasteiger partial charge in [-0.2, -0.15) is 5.10 Å². The van der Waals surface area contributed by atoms with Gasteiger partial charge >= 0.3 is 0 Å². The molecule has 1 heterocycles. The topological polar surface area (TPSA) is 74.8 Å². The number of anilines is 1. The molecule has 2 aliphatic carbocycles. The van der Waals surface area contributed by atoms with Crippen LogP contribution < -0.4 is 5.32 Å². The summed E-state index contributed by atoms with van der Waals surface area (Å²) in [5.41, 5.74) is 1.87. The molecule has 0 aliphatic heterocycles. The molecule has 6 heteroatoms. The van der Waals surface area contributed by atoms with Crippen LogP contribution in [0.15, 0.2) is 0 Å². The lowest BCUT2D eigenvalue weighted by Gasteiger charge is -2.05. The molecule has 5 nitrogen and oxygen atoms in total. The normalized spacial score (nSPS) is 24.4. The maximum Gasteiger partial charge on any atom is 0.156 e. The Morgan fingerprint density at radius 3 is 2.75 bits per heavy atom. The fraction of sp³-hybridized carbons (Fsp3) is 0.700. The smallest absolute Gasteiger partial charge is 0.156 e. The van der Waals surface area contributed by atoms with E-state index in [-0.39, 0.29) is 5.25 Å². The summed E-state index contributed by atoms with van der Waals surface area (Å²) in [6.45, 7) is 0. The van der Waals surface area contributed by atoms with Crippen molar-refractivity contribution < 1.29 is 8.42 Å². The summed E-state index contributed by atoms with van der Waals surface area (Å²) in [7, 11) is -3.01. The summed E-state index contributed by atoms with van der Waals surface area (Å²) in [5, 5.41) is 10.0. The van der Waals surface area contributed by atoms with Gasteiger partial charge in [-0.3, -0.25) is 5.10 Å². The molecular weight excluding hydrogens is 226 g/mol. The minimum absolute atomic E-state index is 0.384. The molecule has 0 bridgehead atoms. The van der Waals surface area contributed by atoms with Gasteiger partial charge in [0, 0.05) is 17.9 Å². The molecular formula is C10H15N3O2S. The van der Waals surface area contributed by atoms with Gasteiger partial charge in [0.25, 0.3) is 0 Å². The number of H-pyrrole nitrogens is 1. The summed E-state index contributed by atoms with van der Waals surface area (Å²) in [5.74, 6) is 0.864. The molecule has 1 aromatic heterocycles. The number of aromatic amines is 1. The maximum absolute atomic E-state index is 11.6. The van der Waals surface area contributed by atoms with Crippen molar-refractivity contribution in [2.24, 2.45) is 0 Å². The van der Waals surface area contributed by atoms with Crippen LogP contribution in [-0.4, -0.2) is 30.9 Å². The van der Waals surface area contributed by atoms with Crippen LogP contribution in [0, 0.1) is 0 Å². The van der Waals surface area contributed by atoms with Gasteiger partial charge in [-0.1, -0.05) is 0 Å². The van der Waals surface area contributed by atoms with Crippen molar-refractivity contribution in [3.63, 3.8) is 0 Å². The van der Waals surface area contributed by atoms with E-state index in [2.05, 4.69) is 15.5 Å². The lowest BCUT2D eigenvalue weighted by molar-refractivity contribution is 0.585. The Morgan fingerprint density at radius 2 is 2.12 bits per heavy atom. The van der Waals surface area contributed by atoms with E-state index in [0.717, 1.165) is 23.5 Å². The van der Waals surface area contributed by atoms with E-state index in [4.69, 9.17) is 0 Å². The van der Waals surface area contributed by atoms with Crippen molar-refractivity contribution in [3.8, 4) is 0 Å². The van der Waals surface area contributed by atoms with Crippen LogP contribution in [0.5, 0.6) is 0 Å². The second-order valence-corrected chi connectivity index (χ2v) is 6.97. The van der Waals surface area contributed by atoms with Crippen LogP contribution in [0.3, 0.4) is 0 Å². The monoisotopic (exact) mass is 241 g/mol. The number of aromatic nitrogens is 2. The average molecular weight is 241 g/mol. The van der Waals surface area contributed by atoms with Gasteiger partial charge in [0.15, 0.2) is 15.7 Å². The predicted octanol–water partition coefficient (Wildman–Crippen LogP) is 1.02. The van der Waals surface area contributed by atoms with Crippen molar-refractivity contribution in [2.45, 2.75) is 37.0 Å². The number of nitrogens with one attached hydrogen (secondary N) is 2. The molecule has 1 unspecified atom stereocenters. The Labute approximate surface area is 94.5 Å². The first kappa shape index (κ1) is 10.1. The zero-order chi connectivity index (χ0) is 11.3. The molecule has 0 aromatic carbocycles. The summed E-state index contributed by atoms with van der Waals surface area (Å²) in [6.07, 6.45) is 5.16. The Hall–Kier alpha value is -1.04. The zero-order valence-corrected chi connectivity index (χ0v) is 9.97. The van der Waals surface area contributed by atoms with Gasteiger partial charge in [-0.25, -0.2) is 8.42 Å². The highest BCUT2D eigenvalue weighted by Crippen LogP contribution is 2.39. The number of hydrogen-bond donors (Lipinski definition) is 2. The third-order valence-electron chi connectivity index (χ3n) is 3.31. The average Bonchev–Trinajstić information content (AvgIpc) is 2.75. The van der Waals surface area contributed by atoms with Crippen LogP contribution in [0.25, 0.3) is 0 Å². The van der Waals surface area contributed by atoms with Gasteiger partial charge < -0.3 is 5.32 Å². The fourth-order valence-corrected chi connectivity index (χ4v) is 3.46. The third kappa shape index (κ3) is 1.61. The Balaban J connectivity index is 1.92. The van der Waals surface area contributed by atoms with Gasteiger partial charge in [-0.15, -0.1) is 0 Å². The van der Waals surface area contributed by atoms with Gasteiger partial charge in [0.05, 0.1) is 5.69 Å². The third-order valence-corrected chi connectivity index (χ3v) is 4.82. The number of rotatable bonds is 3. The van der Waals surface area contributed by atoms with Crippen LogP contribution in [0.1, 0.15) is 35.8 Å². The minimum Gasteiger partial charge on any atom is -0.366 e. The van der Waals surface area contributed by atoms with Crippen molar-refractivity contribution in [1.82, 2.24) is 10.2 Å².